The average Bonchev–Trinajstić information content (AvgIpc) is 2.78. The molecule has 0 N–H and O–H groups in total. The molecular formula is C24H18ClNO4. The Hall–Kier alpha value is -3.57. The molecule has 0 spiro atoms. The zero-order valence-corrected chi connectivity index (χ0v) is 16.7. The molecule has 6 heteroatoms. The number of pyridine rings is 1. The molecule has 5 nitrogen and oxygen atoms in total. The van der Waals surface area contributed by atoms with E-state index in [1.807, 2.05) is 30.3 Å². The summed E-state index contributed by atoms with van der Waals surface area (Å²) in [6.07, 6.45) is 1.50. The van der Waals surface area contributed by atoms with E-state index < -0.39 is 5.97 Å². The van der Waals surface area contributed by atoms with E-state index in [0.717, 1.165) is 0 Å². The van der Waals surface area contributed by atoms with Crippen molar-refractivity contribution in [1.29, 1.82) is 0 Å². The third-order valence-corrected chi connectivity index (χ3v) is 4.79. The number of carbonyl (C=O) groups is 1. The van der Waals surface area contributed by atoms with E-state index in [0.29, 0.717) is 32.8 Å². The number of hydrogen-bond donors (Lipinski definition) is 0. The van der Waals surface area contributed by atoms with E-state index in [9.17, 15) is 9.59 Å². The highest BCUT2D eigenvalue weighted by Gasteiger charge is 2.17. The van der Waals surface area contributed by atoms with Crippen LogP contribution in [-0.2, 0) is 4.74 Å². The van der Waals surface area contributed by atoms with E-state index >= 15 is 0 Å². The number of hydrogen-bond acceptors (Lipinski definition) is 4. The molecule has 0 aliphatic heterocycles. The Balaban J connectivity index is 1.62. The fourth-order valence-corrected chi connectivity index (χ4v) is 3.34. The molecule has 3 aromatic carbocycles. The summed E-state index contributed by atoms with van der Waals surface area (Å²) < 4.78 is 12.4. The Bertz CT molecular complexity index is 1250. The van der Waals surface area contributed by atoms with Gasteiger partial charge in [0.25, 0.3) is 5.56 Å². The molecule has 0 saturated heterocycles. The molecule has 1 aromatic heterocycles. The van der Waals surface area contributed by atoms with Gasteiger partial charge in [-0.15, -0.1) is 0 Å². The number of fused-ring (bicyclic) bond motifs is 1. The van der Waals surface area contributed by atoms with E-state index in [1.165, 1.54) is 10.8 Å². The lowest BCUT2D eigenvalue weighted by Gasteiger charge is -2.13. The molecule has 0 amide bonds. The van der Waals surface area contributed by atoms with E-state index in [1.54, 1.807) is 48.5 Å². The average molecular weight is 420 g/mol. The van der Waals surface area contributed by atoms with Crippen molar-refractivity contribution in [2.45, 2.75) is 0 Å². The lowest BCUT2D eigenvalue weighted by atomic mass is 10.1. The van der Waals surface area contributed by atoms with Crippen molar-refractivity contribution < 1.29 is 14.3 Å². The summed E-state index contributed by atoms with van der Waals surface area (Å²) in [4.78, 5) is 25.8. The molecule has 1 heterocycles. The van der Waals surface area contributed by atoms with Crippen molar-refractivity contribution in [2.75, 3.05) is 13.2 Å². The van der Waals surface area contributed by atoms with Crippen molar-refractivity contribution >= 4 is 28.3 Å². The minimum atomic E-state index is -0.529. The first-order valence-electron chi connectivity index (χ1n) is 9.39. The van der Waals surface area contributed by atoms with Crippen LogP contribution in [0.25, 0.3) is 16.5 Å². The molecule has 0 unspecified atom stereocenters. The second-order valence-corrected chi connectivity index (χ2v) is 6.98. The number of nitrogens with zero attached hydrogens (tertiary/aromatic N) is 1. The number of para-hydroxylation sites is 1. The molecule has 0 saturated carbocycles. The number of benzene rings is 3. The maximum absolute atomic E-state index is 13.0. The van der Waals surface area contributed by atoms with Crippen molar-refractivity contribution in [1.82, 2.24) is 4.57 Å². The van der Waals surface area contributed by atoms with Gasteiger partial charge in [-0.2, -0.15) is 0 Å². The van der Waals surface area contributed by atoms with E-state index in [4.69, 9.17) is 21.1 Å². The first-order valence-corrected chi connectivity index (χ1v) is 9.76. The number of ether oxygens (including phenoxy) is 2. The maximum Gasteiger partial charge on any atom is 0.340 e. The molecule has 0 aliphatic carbocycles. The summed E-state index contributed by atoms with van der Waals surface area (Å²) in [7, 11) is 0. The van der Waals surface area contributed by atoms with Crippen LogP contribution in [0.2, 0.25) is 5.02 Å². The van der Waals surface area contributed by atoms with Crippen LogP contribution >= 0.6 is 11.6 Å². The topological polar surface area (TPSA) is 57.5 Å². The fourth-order valence-electron chi connectivity index (χ4n) is 3.16. The number of aromatic nitrogens is 1. The molecule has 0 aliphatic rings. The standard InChI is InChI=1S/C24H18ClNO4/c25-17-7-6-8-18(15-17)26-16-22(20-11-4-5-12-21(20)23(26)27)24(28)30-14-13-29-19-9-2-1-3-10-19/h1-12,15-16H,13-14H2. The monoisotopic (exact) mass is 419 g/mol. The highest BCUT2D eigenvalue weighted by molar-refractivity contribution is 6.30. The maximum atomic E-state index is 13.0. The van der Waals surface area contributed by atoms with Crippen LogP contribution in [0.5, 0.6) is 5.75 Å². The summed E-state index contributed by atoms with van der Waals surface area (Å²) in [6, 6.07) is 23.1. The number of halogens is 1. The van der Waals surface area contributed by atoms with Gasteiger partial charge in [0.1, 0.15) is 19.0 Å². The Labute approximate surface area is 178 Å². The van der Waals surface area contributed by atoms with Crippen molar-refractivity contribution in [3.63, 3.8) is 0 Å². The molecule has 0 atom stereocenters. The van der Waals surface area contributed by atoms with Gasteiger partial charge < -0.3 is 9.47 Å². The second kappa shape index (κ2) is 8.84. The minimum absolute atomic E-state index is 0.0817. The molecule has 4 rings (SSSR count). The molecule has 0 radical (unpaired) electrons. The Morgan fingerprint density at radius 1 is 0.867 bits per heavy atom. The summed E-state index contributed by atoms with van der Waals surface area (Å²) in [6.45, 7) is 0.306. The molecule has 0 fully saturated rings. The van der Waals surface area contributed by atoms with Gasteiger partial charge in [0.05, 0.1) is 11.3 Å². The number of rotatable bonds is 6. The van der Waals surface area contributed by atoms with Crippen LogP contribution in [0.3, 0.4) is 0 Å². The highest BCUT2D eigenvalue weighted by atomic mass is 35.5. The van der Waals surface area contributed by atoms with Crippen LogP contribution < -0.4 is 10.3 Å². The minimum Gasteiger partial charge on any atom is -0.490 e. The number of esters is 1. The molecular weight excluding hydrogens is 402 g/mol. The third kappa shape index (κ3) is 4.21. The largest absolute Gasteiger partial charge is 0.490 e. The van der Waals surface area contributed by atoms with Gasteiger partial charge in [-0.25, -0.2) is 4.79 Å². The summed E-state index contributed by atoms with van der Waals surface area (Å²) in [5.41, 5.74) is 0.626. The second-order valence-electron chi connectivity index (χ2n) is 6.54. The van der Waals surface area contributed by atoms with Crippen LogP contribution in [0, 0.1) is 0 Å². The highest BCUT2D eigenvalue weighted by Crippen LogP contribution is 2.20. The first-order chi connectivity index (χ1) is 14.6. The fraction of sp³-hybridized carbons (Fsp3) is 0.0833. The molecule has 4 aromatic rings. The van der Waals surface area contributed by atoms with Gasteiger partial charge in [-0.3, -0.25) is 9.36 Å². The van der Waals surface area contributed by atoms with Crippen molar-refractivity contribution in [3.8, 4) is 11.4 Å². The van der Waals surface area contributed by atoms with Crippen LogP contribution in [-0.4, -0.2) is 23.8 Å². The lowest BCUT2D eigenvalue weighted by molar-refractivity contribution is 0.0452. The Morgan fingerprint density at radius 2 is 1.60 bits per heavy atom. The van der Waals surface area contributed by atoms with Gasteiger partial charge in [-0.05, 0) is 36.4 Å². The van der Waals surface area contributed by atoms with Gasteiger partial charge in [0.15, 0.2) is 0 Å². The zero-order valence-electron chi connectivity index (χ0n) is 16.0. The normalized spacial score (nSPS) is 10.7. The first kappa shape index (κ1) is 19.7. The summed E-state index contributed by atoms with van der Waals surface area (Å²) in [5, 5.41) is 1.46. The van der Waals surface area contributed by atoms with Gasteiger partial charge >= 0.3 is 5.97 Å². The quantitative estimate of drug-likeness (QED) is 0.330. The predicted molar refractivity (Wildman–Crippen MR) is 117 cm³/mol. The SMILES string of the molecule is O=C(OCCOc1ccccc1)c1cn(-c2cccc(Cl)c2)c(=O)c2ccccc12. The third-order valence-electron chi connectivity index (χ3n) is 4.56. The predicted octanol–water partition coefficient (Wildman–Crippen LogP) is 4.88. The number of carbonyl (C=O) groups excluding carboxylic acids is 1. The van der Waals surface area contributed by atoms with Gasteiger partial charge in [0, 0.05) is 22.0 Å². The Kier molecular flexibility index (Phi) is 5.82. The summed E-state index contributed by atoms with van der Waals surface area (Å²) >= 11 is 6.08. The lowest BCUT2D eigenvalue weighted by Crippen LogP contribution is -2.22. The zero-order chi connectivity index (χ0) is 20.9. The van der Waals surface area contributed by atoms with Crippen LogP contribution in [0.4, 0.5) is 0 Å². The van der Waals surface area contributed by atoms with Gasteiger partial charge in [0.2, 0.25) is 0 Å². The van der Waals surface area contributed by atoms with E-state index in [-0.39, 0.29) is 18.8 Å². The van der Waals surface area contributed by atoms with Gasteiger partial charge in [-0.1, -0.05) is 54.1 Å². The molecule has 150 valence electrons. The van der Waals surface area contributed by atoms with Crippen LogP contribution in [0.15, 0.2) is 89.9 Å². The molecule has 30 heavy (non-hydrogen) atoms. The van der Waals surface area contributed by atoms with Crippen molar-refractivity contribution in [2.24, 2.45) is 0 Å². The van der Waals surface area contributed by atoms with Crippen LogP contribution in [0.1, 0.15) is 10.4 Å². The molecule has 0 bridgehead atoms. The smallest absolute Gasteiger partial charge is 0.340 e. The van der Waals surface area contributed by atoms with E-state index in [2.05, 4.69) is 0 Å². The van der Waals surface area contributed by atoms with Crippen molar-refractivity contribution in [3.05, 3.63) is 106 Å². The Morgan fingerprint density at radius 3 is 2.37 bits per heavy atom. The summed E-state index contributed by atoms with van der Waals surface area (Å²) in [5.74, 6) is 0.173.